The Balaban J connectivity index is 1.89. The number of methoxy groups -OCH3 is 1. The standard InChI is InChI=1S/C16H15NO7S2/c1-24-12-13(18)17-11(15(19)20)10(8-26(22,23)14(12)17)7-25-16(21)9-5-3-2-4-6-9/h2-6,12,14H,7-8H2,1H3,(H,19,20)/t12-,14+/m0/s1. The van der Waals surface area contributed by atoms with Gasteiger partial charge in [0.2, 0.25) is 5.12 Å². The number of carbonyl (C=O) groups excluding carboxylic acids is 2. The summed E-state index contributed by atoms with van der Waals surface area (Å²) in [6.07, 6.45) is -1.20. The molecule has 2 aliphatic rings. The molecule has 1 saturated heterocycles. The van der Waals surface area contributed by atoms with E-state index < -0.39 is 38.9 Å². The van der Waals surface area contributed by atoms with Gasteiger partial charge in [0.15, 0.2) is 21.3 Å². The summed E-state index contributed by atoms with van der Waals surface area (Å²) in [5.74, 6) is -2.79. The van der Waals surface area contributed by atoms with Crippen molar-refractivity contribution < 1.29 is 32.6 Å². The van der Waals surface area contributed by atoms with E-state index in [1.54, 1.807) is 30.3 Å². The van der Waals surface area contributed by atoms with Crippen LogP contribution in [0, 0.1) is 0 Å². The van der Waals surface area contributed by atoms with Crippen LogP contribution in [0.5, 0.6) is 0 Å². The number of hydrogen-bond acceptors (Lipinski definition) is 7. The van der Waals surface area contributed by atoms with Crippen LogP contribution in [0.1, 0.15) is 10.4 Å². The Morgan fingerprint density at radius 2 is 1.96 bits per heavy atom. The number of nitrogens with zero attached hydrogens (tertiary/aromatic N) is 1. The molecule has 8 nitrogen and oxygen atoms in total. The molecule has 0 aromatic heterocycles. The second kappa shape index (κ2) is 6.86. The number of amides is 1. The predicted molar refractivity (Wildman–Crippen MR) is 93.1 cm³/mol. The molecule has 1 fully saturated rings. The van der Waals surface area contributed by atoms with Gasteiger partial charge in [0.1, 0.15) is 5.70 Å². The van der Waals surface area contributed by atoms with E-state index in [1.165, 1.54) is 7.11 Å². The third kappa shape index (κ3) is 3.04. The molecule has 0 aliphatic carbocycles. The van der Waals surface area contributed by atoms with Gasteiger partial charge in [-0.15, -0.1) is 0 Å². The third-order valence-corrected chi connectivity index (χ3v) is 7.09. The van der Waals surface area contributed by atoms with Crippen molar-refractivity contribution in [2.75, 3.05) is 18.6 Å². The molecule has 26 heavy (non-hydrogen) atoms. The van der Waals surface area contributed by atoms with E-state index >= 15 is 0 Å². The number of hydrogen-bond donors (Lipinski definition) is 1. The van der Waals surface area contributed by atoms with Gasteiger partial charge < -0.3 is 9.84 Å². The molecule has 0 saturated carbocycles. The first-order valence-electron chi connectivity index (χ1n) is 7.53. The minimum atomic E-state index is -3.81. The molecule has 2 heterocycles. The van der Waals surface area contributed by atoms with E-state index in [1.807, 2.05) is 0 Å². The van der Waals surface area contributed by atoms with Crippen molar-refractivity contribution in [1.29, 1.82) is 0 Å². The quantitative estimate of drug-likeness (QED) is 0.714. The summed E-state index contributed by atoms with van der Waals surface area (Å²) in [6.45, 7) is 0. The first kappa shape index (κ1) is 18.6. The van der Waals surface area contributed by atoms with E-state index in [9.17, 15) is 27.9 Å². The van der Waals surface area contributed by atoms with Crippen molar-refractivity contribution in [2.24, 2.45) is 0 Å². The van der Waals surface area contributed by atoms with Crippen LogP contribution in [0.15, 0.2) is 41.6 Å². The summed E-state index contributed by atoms with van der Waals surface area (Å²) < 4.78 is 29.8. The molecule has 1 N–H and O–H groups in total. The highest BCUT2D eigenvalue weighted by molar-refractivity contribution is 8.14. The number of β-lactam (4-membered cyclic amide) rings is 1. The topological polar surface area (TPSA) is 118 Å². The summed E-state index contributed by atoms with van der Waals surface area (Å²) >= 11 is 0.799. The van der Waals surface area contributed by atoms with Crippen LogP contribution in [0.25, 0.3) is 0 Å². The molecule has 138 valence electrons. The lowest BCUT2D eigenvalue weighted by molar-refractivity contribution is -0.162. The van der Waals surface area contributed by atoms with Gasteiger partial charge in [-0.05, 0) is 5.57 Å². The van der Waals surface area contributed by atoms with E-state index in [0.717, 1.165) is 16.7 Å². The Kier molecular flexibility index (Phi) is 4.91. The lowest BCUT2D eigenvalue weighted by Crippen LogP contribution is -2.70. The first-order chi connectivity index (χ1) is 12.3. The van der Waals surface area contributed by atoms with Crippen LogP contribution in [0.2, 0.25) is 0 Å². The fourth-order valence-corrected chi connectivity index (χ4v) is 5.99. The lowest BCUT2D eigenvalue weighted by atomic mass is 10.1. The number of thioether (sulfide) groups is 1. The molecular formula is C16H15NO7S2. The molecule has 0 spiro atoms. The van der Waals surface area contributed by atoms with Crippen molar-refractivity contribution in [3.05, 3.63) is 47.2 Å². The van der Waals surface area contributed by atoms with Gasteiger partial charge >= 0.3 is 5.97 Å². The number of fused-ring (bicyclic) bond motifs is 1. The number of rotatable bonds is 5. The highest BCUT2D eigenvalue weighted by atomic mass is 32.2. The molecule has 0 bridgehead atoms. The normalized spacial score (nSPS) is 24.0. The van der Waals surface area contributed by atoms with Gasteiger partial charge in [-0.3, -0.25) is 14.5 Å². The zero-order valence-corrected chi connectivity index (χ0v) is 15.2. The number of sulfone groups is 1. The molecule has 1 amide bonds. The molecule has 0 unspecified atom stereocenters. The minimum Gasteiger partial charge on any atom is -0.477 e. The average molecular weight is 397 g/mol. The molecule has 10 heteroatoms. The predicted octanol–water partition coefficient (Wildman–Crippen LogP) is 0.510. The SMILES string of the molecule is CO[C@H]1C(=O)N2C(C(=O)O)=C(CSC(=O)c3ccccc3)CS(=O)(=O)[C@H]12. The Morgan fingerprint density at radius 1 is 1.31 bits per heavy atom. The number of carboxylic acids is 1. The zero-order valence-electron chi connectivity index (χ0n) is 13.6. The minimum absolute atomic E-state index is 0.0194. The van der Waals surface area contributed by atoms with Crippen LogP contribution < -0.4 is 0 Å². The molecular weight excluding hydrogens is 382 g/mol. The van der Waals surface area contributed by atoms with Crippen molar-refractivity contribution in [2.45, 2.75) is 11.5 Å². The van der Waals surface area contributed by atoms with Crippen molar-refractivity contribution >= 4 is 38.6 Å². The molecule has 1 aromatic carbocycles. The van der Waals surface area contributed by atoms with E-state index in [2.05, 4.69) is 0 Å². The monoisotopic (exact) mass is 397 g/mol. The smallest absolute Gasteiger partial charge is 0.352 e. The lowest BCUT2D eigenvalue weighted by Gasteiger charge is -2.48. The van der Waals surface area contributed by atoms with Crippen LogP contribution in [-0.2, 0) is 24.2 Å². The fourth-order valence-electron chi connectivity index (χ4n) is 2.98. The van der Waals surface area contributed by atoms with Crippen LogP contribution in [0.3, 0.4) is 0 Å². The third-order valence-electron chi connectivity index (χ3n) is 4.16. The highest BCUT2D eigenvalue weighted by Gasteiger charge is 2.60. The number of benzene rings is 1. The van der Waals surface area contributed by atoms with E-state index in [4.69, 9.17) is 4.74 Å². The molecule has 2 aliphatic heterocycles. The van der Waals surface area contributed by atoms with Crippen molar-refractivity contribution in [1.82, 2.24) is 4.90 Å². The number of aliphatic carboxylic acids is 1. The Labute approximate surface area is 153 Å². The van der Waals surface area contributed by atoms with E-state index in [-0.39, 0.29) is 22.1 Å². The molecule has 1 aromatic rings. The number of carbonyl (C=O) groups is 3. The first-order valence-corrected chi connectivity index (χ1v) is 10.2. The fraction of sp³-hybridized carbons (Fsp3) is 0.312. The van der Waals surface area contributed by atoms with Crippen molar-refractivity contribution in [3.8, 4) is 0 Å². The summed E-state index contributed by atoms with van der Waals surface area (Å²) in [4.78, 5) is 36.7. The summed E-state index contributed by atoms with van der Waals surface area (Å²) in [6, 6.07) is 8.35. The Hall–Kier alpha value is -2.17. The van der Waals surface area contributed by atoms with Crippen LogP contribution >= 0.6 is 11.8 Å². The maximum Gasteiger partial charge on any atom is 0.352 e. The van der Waals surface area contributed by atoms with Gasteiger partial charge in [0.25, 0.3) is 5.91 Å². The Bertz CT molecular complexity index is 908. The van der Waals surface area contributed by atoms with Gasteiger partial charge in [0, 0.05) is 18.4 Å². The summed E-state index contributed by atoms with van der Waals surface area (Å²) in [5.41, 5.74) is 0.0633. The van der Waals surface area contributed by atoms with Gasteiger partial charge in [-0.2, -0.15) is 0 Å². The van der Waals surface area contributed by atoms with Crippen LogP contribution in [-0.4, -0.2) is 65.5 Å². The maximum atomic E-state index is 12.5. The van der Waals surface area contributed by atoms with Gasteiger partial charge in [-0.25, -0.2) is 13.2 Å². The second-order valence-electron chi connectivity index (χ2n) is 5.76. The second-order valence-corrected chi connectivity index (χ2v) is 8.81. The summed E-state index contributed by atoms with van der Waals surface area (Å²) in [7, 11) is -2.61. The molecule has 3 rings (SSSR count). The molecule has 2 atom stereocenters. The average Bonchev–Trinajstić information content (AvgIpc) is 2.60. The number of ether oxygens (including phenoxy) is 1. The van der Waals surface area contributed by atoms with Gasteiger partial charge in [0.05, 0.1) is 5.75 Å². The summed E-state index contributed by atoms with van der Waals surface area (Å²) in [5, 5.41) is 7.84. The molecule has 0 radical (unpaired) electrons. The number of carboxylic acid groups (broad SMARTS) is 1. The maximum absolute atomic E-state index is 12.5. The highest BCUT2D eigenvalue weighted by Crippen LogP contribution is 2.38. The zero-order chi connectivity index (χ0) is 19.1. The Morgan fingerprint density at radius 3 is 2.54 bits per heavy atom. The van der Waals surface area contributed by atoms with Gasteiger partial charge in [-0.1, -0.05) is 42.1 Å². The van der Waals surface area contributed by atoms with E-state index in [0.29, 0.717) is 5.56 Å². The van der Waals surface area contributed by atoms with Crippen LogP contribution in [0.4, 0.5) is 0 Å². The van der Waals surface area contributed by atoms with Crippen molar-refractivity contribution in [3.63, 3.8) is 0 Å². The largest absolute Gasteiger partial charge is 0.477 e.